The molecule has 1 aromatic heterocycles. The number of allylic oxidation sites excluding steroid dienone is 1. The van der Waals surface area contributed by atoms with Crippen molar-refractivity contribution in [3.63, 3.8) is 0 Å². The fourth-order valence-corrected chi connectivity index (χ4v) is 6.14. The fraction of sp³-hybridized carbons (Fsp3) is 0.435. The molecule has 0 saturated carbocycles. The number of nitrogens with one attached hydrogen (secondary N) is 1. The zero-order valence-corrected chi connectivity index (χ0v) is 21.1. The molecule has 1 aromatic carbocycles. The van der Waals surface area contributed by atoms with Gasteiger partial charge in [-0.15, -0.1) is 11.3 Å². The highest BCUT2D eigenvalue weighted by atomic mass is 79.9. The molecule has 0 amide bonds. The number of esters is 1. The van der Waals surface area contributed by atoms with E-state index < -0.39 is 35.3 Å². The lowest BCUT2D eigenvalue weighted by Crippen LogP contribution is -2.52. The van der Waals surface area contributed by atoms with Gasteiger partial charge in [-0.2, -0.15) is 0 Å². The maximum absolute atomic E-state index is 15.3. The van der Waals surface area contributed by atoms with Crippen molar-refractivity contribution in [1.82, 2.24) is 5.32 Å². The summed E-state index contributed by atoms with van der Waals surface area (Å²) in [6.45, 7) is 11.6. The van der Waals surface area contributed by atoms with Gasteiger partial charge in [-0.3, -0.25) is 5.32 Å². The van der Waals surface area contributed by atoms with Crippen molar-refractivity contribution in [2.24, 2.45) is 11.1 Å². The lowest BCUT2D eigenvalue weighted by Gasteiger charge is -2.39. The number of rotatable bonds is 5. The normalized spacial score (nSPS) is 26.1. The number of carbonyl (C=O) groups excluding carboxylic acids is 1. The molecule has 8 heteroatoms. The van der Waals surface area contributed by atoms with Crippen LogP contribution in [0.25, 0.3) is 0 Å². The second-order valence-corrected chi connectivity index (χ2v) is 11.6. The zero-order chi connectivity index (χ0) is 23.1. The Bertz CT molecular complexity index is 1010. The summed E-state index contributed by atoms with van der Waals surface area (Å²) < 4.78 is 21.5. The number of ether oxygens (including phenoxy) is 1. The van der Waals surface area contributed by atoms with Gasteiger partial charge in [0.25, 0.3) is 0 Å². The average molecular weight is 530 g/mol. The molecule has 1 aliphatic rings. The molecular weight excluding hydrogens is 503 g/mol. The summed E-state index contributed by atoms with van der Waals surface area (Å²) >= 11 is 11.0. The van der Waals surface area contributed by atoms with E-state index >= 15 is 4.39 Å². The highest BCUT2D eigenvalue weighted by molar-refractivity contribution is 9.10. The molecule has 3 N–H and O–H groups in total. The zero-order valence-electron chi connectivity index (χ0n) is 18.0. The molecular formula is C23H27BrClFN2O2S. The first-order valence-electron chi connectivity index (χ1n) is 9.94. The van der Waals surface area contributed by atoms with E-state index in [-0.39, 0.29) is 16.2 Å². The predicted octanol–water partition coefficient (Wildman–Crippen LogP) is 6.09. The van der Waals surface area contributed by atoms with Gasteiger partial charge in [0.05, 0.1) is 11.3 Å². The van der Waals surface area contributed by atoms with Crippen molar-refractivity contribution in [3.05, 3.63) is 67.7 Å². The monoisotopic (exact) mass is 528 g/mol. The van der Waals surface area contributed by atoms with Crippen LogP contribution in [0.3, 0.4) is 0 Å². The summed E-state index contributed by atoms with van der Waals surface area (Å²) in [5.74, 6) is -1.25. The van der Waals surface area contributed by atoms with Crippen molar-refractivity contribution in [1.29, 1.82) is 0 Å². The van der Waals surface area contributed by atoms with Gasteiger partial charge in [-0.25, -0.2) is 9.18 Å². The third kappa shape index (κ3) is 5.06. The highest BCUT2D eigenvalue weighted by Gasteiger charge is 2.58. The summed E-state index contributed by atoms with van der Waals surface area (Å²) in [5, 5.41) is 5.60. The van der Waals surface area contributed by atoms with Crippen LogP contribution in [0, 0.1) is 11.2 Å². The lowest BCUT2D eigenvalue weighted by molar-refractivity contribution is -0.142. The second kappa shape index (κ2) is 8.94. The maximum atomic E-state index is 15.3. The Morgan fingerprint density at radius 1 is 1.42 bits per heavy atom. The predicted molar refractivity (Wildman–Crippen MR) is 128 cm³/mol. The van der Waals surface area contributed by atoms with E-state index in [9.17, 15) is 4.79 Å². The van der Waals surface area contributed by atoms with E-state index in [0.29, 0.717) is 12.0 Å². The number of hydrogen-bond donors (Lipinski definition) is 2. The van der Waals surface area contributed by atoms with Gasteiger partial charge < -0.3 is 10.5 Å². The van der Waals surface area contributed by atoms with Crippen LogP contribution in [0.5, 0.6) is 0 Å². The van der Waals surface area contributed by atoms with Crippen LogP contribution < -0.4 is 11.1 Å². The van der Waals surface area contributed by atoms with Crippen molar-refractivity contribution < 1.29 is 13.9 Å². The summed E-state index contributed by atoms with van der Waals surface area (Å²) in [7, 11) is 0. The quantitative estimate of drug-likeness (QED) is 0.363. The third-order valence-electron chi connectivity index (χ3n) is 5.44. The van der Waals surface area contributed by atoms with Gasteiger partial charge in [0.2, 0.25) is 0 Å². The van der Waals surface area contributed by atoms with E-state index in [4.69, 9.17) is 22.1 Å². The molecule has 0 unspecified atom stereocenters. The number of carbonyl (C=O) groups is 1. The molecule has 31 heavy (non-hydrogen) atoms. The largest absolute Gasteiger partial charge is 0.431 e. The van der Waals surface area contributed by atoms with Crippen LogP contribution in [-0.4, -0.2) is 18.1 Å². The number of benzene rings is 1. The van der Waals surface area contributed by atoms with Crippen molar-refractivity contribution in [2.75, 3.05) is 0 Å². The van der Waals surface area contributed by atoms with E-state index in [1.165, 1.54) is 17.4 Å². The molecule has 1 saturated heterocycles. The van der Waals surface area contributed by atoms with E-state index in [0.717, 1.165) is 9.35 Å². The molecule has 1 aliphatic heterocycles. The minimum absolute atomic E-state index is 0.126. The Labute approximate surface area is 200 Å². The molecule has 0 bridgehead atoms. The van der Waals surface area contributed by atoms with Crippen LogP contribution >= 0.6 is 38.9 Å². The van der Waals surface area contributed by atoms with Crippen molar-refractivity contribution >= 4 is 44.8 Å². The van der Waals surface area contributed by atoms with Gasteiger partial charge in [0.15, 0.2) is 0 Å². The Morgan fingerprint density at radius 3 is 2.61 bits per heavy atom. The standard InChI is InChI=1S/C23H27BrClFN2O2S/c1-12(2)30-21(29)20-19(17-8-13(24)11-31-17)23(27,18(28-20)10-22(3,4)5)15-7-6-14(25)9-16(15)26/h6-9,11,18-20,28H,1,10,27H2,2-5H3/t18-,19-,20+,23+/m0/s1. The van der Waals surface area contributed by atoms with Gasteiger partial charge in [0.1, 0.15) is 11.9 Å². The minimum Gasteiger partial charge on any atom is -0.431 e. The molecule has 168 valence electrons. The summed E-state index contributed by atoms with van der Waals surface area (Å²) in [6, 6.07) is 5.28. The second-order valence-electron chi connectivity index (χ2n) is 9.29. The summed E-state index contributed by atoms with van der Waals surface area (Å²) in [4.78, 5) is 14.0. The molecule has 2 heterocycles. The molecule has 0 aliphatic carbocycles. The summed E-state index contributed by atoms with van der Waals surface area (Å²) in [5.41, 5.74) is 6.12. The van der Waals surface area contributed by atoms with Crippen LogP contribution in [-0.2, 0) is 15.1 Å². The molecule has 4 nitrogen and oxygen atoms in total. The van der Waals surface area contributed by atoms with Crippen LogP contribution in [0.15, 0.2) is 46.5 Å². The Morgan fingerprint density at radius 2 is 2.10 bits per heavy atom. The van der Waals surface area contributed by atoms with Crippen LogP contribution in [0.4, 0.5) is 4.39 Å². The summed E-state index contributed by atoms with van der Waals surface area (Å²) in [6.07, 6.45) is 0.617. The van der Waals surface area contributed by atoms with Crippen molar-refractivity contribution in [3.8, 4) is 0 Å². The molecule has 1 fully saturated rings. The van der Waals surface area contributed by atoms with Gasteiger partial charge in [-0.1, -0.05) is 45.0 Å². The number of nitrogens with two attached hydrogens (primary N) is 1. The van der Waals surface area contributed by atoms with E-state index in [1.54, 1.807) is 19.1 Å². The average Bonchev–Trinajstić information content (AvgIpc) is 3.15. The minimum atomic E-state index is -1.22. The SMILES string of the molecule is C=C(C)OC(=O)[C@@H]1N[C@@H](CC(C)(C)C)[C@](N)(c2ccc(Cl)cc2F)[C@H]1c1cc(Br)cs1. The Hall–Kier alpha value is -1.25. The first-order valence-corrected chi connectivity index (χ1v) is 12.0. The first-order chi connectivity index (χ1) is 14.3. The van der Waals surface area contributed by atoms with Crippen LogP contribution in [0.2, 0.25) is 5.02 Å². The number of halogens is 3. The van der Waals surface area contributed by atoms with Gasteiger partial charge >= 0.3 is 5.97 Å². The highest BCUT2D eigenvalue weighted by Crippen LogP contribution is 2.50. The van der Waals surface area contributed by atoms with Crippen LogP contribution in [0.1, 0.15) is 50.5 Å². The number of thiophene rings is 1. The molecule has 2 aromatic rings. The maximum Gasteiger partial charge on any atom is 0.328 e. The topological polar surface area (TPSA) is 64.3 Å². The Kier molecular flexibility index (Phi) is 7.04. The lowest BCUT2D eigenvalue weighted by atomic mass is 9.70. The first kappa shape index (κ1) is 24.4. The molecule has 3 rings (SSSR count). The third-order valence-corrected chi connectivity index (χ3v) is 7.45. The van der Waals surface area contributed by atoms with Crippen molar-refractivity contribution in [2.45, 2.75) is 57.7 Å². The Balaban J connectivity index is 2.22. The van der Waals surface area contributed by atoms with Gasteiger partial charge in [0, 0.05) is 37.3 Å². The molecule has 0 spiro atoms. The molecule has 0 radical (unpaired) electrons. The van der Waals surface area contributed by atoms with E-state index in [1.807, 2.05) is 11.4 Å². The molecule has 4 atom stereocenters. The fourth-order valence-electron chi connectivity index (χ4n) is 4.31. The smallest absolute Gasteiger partial charge is 0.328 e. The number of hydrogen-bond acceptors (Lipinski definition) is 5. The van der Waals surface area contributed by atoms with E-state index in [2.05, 4.69) is 48.6 Å². The van der Waals surface area contributed by atoms with Gasteiger partial charge in [-0.05, 0) is 52.9 Å².